The Bertz CT molecular complexity index is 972. The molecule has 5 nitrogen and oxygen atoms in total. The minimum atomic E-state index is -0.0134. The zero-order valence-electron chi connectivity index (χ0n) is 16.7. The van der Waals surface area contributed by atoms with E-state index in [1.54, 1.807) is 4.90 Å². The van der Waals surface area contributed by atoms with E-state index in [4.69, 9.17) is 0 Å². The van der Waals surface area contributed by atoms with E-state index >= 15 is 0 Å². The number of fused-ring (bicyclic) bond motifs is 1. The van der Waals surface area contributed by atoms with Crippen LogP contribution in [-0.4, -0.2) is 33.0 Å². The smallest absolute Gasteiger partial charge is 0.270 e. The number of hydrogen-bond donors (Lipinski definition) is 2. The summed E-state index contributed by atoms with van der Waals surface area (Å²) in [5.74, 6) is -0.0114. The Balaban J connectivity index is 1.87. The number of nitrogens with zero attached hydrogens (tertiary/aromatic N) is 2. The summed E-state index contributed by atoms with van der Waals surface area (Å²) in [4.78, 5) is 18.1. The van der Waals surface area contributed by atoms with Gasteiger partial charge in [-0.2, -0.15) is 5.10 Å². The van der Waals surface area contributed by atoms with Gasteiger partial charge in [-0.3, -0.25) is 9.89 Å². The van der Waals surface area contributed by atoms with E-state index in [9.17, 15) is 4.79 Å². The number of aromatic amines is 2. The van der Waals surface area contributed by atoms with Crippen LogP contribution in [0.15, 0.2) is 18.2 Å². The van der Waals surface area contributed by atoms with Gasteiger partial charge in [0.05, 0.1) is 17.9 Å². The summed E-state index contributed by atoms with van der Waals surface area (Å²) in [5.41, 5.74) is 7.00. The summed E-state index contributed by atoms with van der Waals surface area (Å²) in [6, 6.07) is 6.31. The summed E-state index contributed by atoms with van der Waals surface area (Å²) in [7, 11) is 1.82. The molecule has 0 atom stereocenters. The van der Waals surface area contributed by atoms with Gasteiger partial charge < -0.3 is 9.88 Å². The molecule has 2 N–H and O–H groups in total. The second-order valence-electron chi connectivity index (χ2n) is 8.32. The van der Waals surface area contributed by atoms with E-state index in [0.29, 0.717) is 12.2 Å². The maximum Gasteiger partial charge on any atom is 0.270 e. The molecule has 3 rings (SSSR count). The molecule has 1 aromatic carbocycles. The molecule has 0 saturated carbocycles. The largest absolute Gasteiger partial charge is 0.350 e. The fourth-order valence-corrected chi connectivity index (χ4v) is 3.34. The van der Waals surface area contributed by atoms with Crippen LogP contribution >= 0.6 is 0 Å². The molecular weight excluding hydrogens is 324 g/mol. The second-order valence-corrected chi connectivity index (χ2v) is 8.32. The molecule has 0 saturated heterocycles. The SMILES string of the molecule is Cc1cc(C)c2[nH]c(C(=O)N(C)Cc3cc(C(C)(C)C)n[nH]3)c(C)c2c1. The number of rotatable bonds is 3. The van der Waals surface area contributed by atoms with E-state index < -0.39 is 0 Å². The van der Waals surface area contributed by atoms with Crippen molar-refractivity contribution in [2.45, 2.75) is 53.5 Å². The highest BCUT2D eigenvalue weighted by Gasteiger charge is 2.22. The van der Waals surface area contributed by atoms with Gasteiger partial charge in [-0.15, -0.1) is 0 Å². The van der Waals surface area contributed by atoms with E-state index in [2.05, 4.69) is 61.9 Å². The maximum atomic E-state index is 13.0. The van der Waals surface area contributed by atoms with Crippen molar-refractivity contribution >= 4 is 16.8 Å². The summed E-state index contributed by atoms with van der Waals surface area (Å²) >= 11 is 0. The van der Waals surface area contributed by atoms with Crippen molar-refractivity contribution in [2.24, 2.45) is 0 Å². The van der Waals surface area contributed by atoms with Gasteiger partial charge in [0.25, 0.3) is 5.91 Å². The predicted molar refractivity (Wildman–Crippen MR) is 106 cm³/mol. The predicted octanol–water partition coefficient (Wildman–Crippen LogP) is 4.39. The van der Waals surface area contributed by atoms with Gasteiger partial charge in [-0.1, -0.05) is 32.4 Å². The van der Waals surface area contributed by atoms with Crippen molar-refractivity contribution in [1.29, 1.82) is 0 Å². The number of H-pyrrole nitrogens is 2. The van der Waals surface area contributed by atoms with Gasteiger partial charge in [-0.05, 0) is 44.0 Å². The Morgan fingerprint density at radius 3 is 2.46 bits per heavy atom. The molecule has 0 aliphatic rings. The molecular formula is C21H28N4O. The third kappa shape index (κ3) is 3.26. The Kier molecular flexibility index (Phi) is 4.42. The minimum Gasteiger partial charge on any atom is -0.350 e. The Labute approximate surface area is 154 Å². The topological polar surface area (TPSA) is 64.8 Å². The van der Waals surface area contributed by atoms with Crippen molar-refractivity contribution in [3.63, 3.8) is 0 Å². The molecule has 0 bridgehead atoms. The Morgan fingerprint density at radius 2 is 1.85 bits per heavy atom. The maximum absolute atomic E-state index is 13.0. The molecule has 5 heteroatoms. The van der Waals surface area contributed by atoms with Crippen LogP contribution in [0.1, 0.15) is 59.3 Å². The number of aryl methyl sites for hydroxylation is 3. The van der Waals surface area contributed by atoms with E-state index in [1.165, 1.54) is 5.56 Å². The van der Waals surface area contributed by atoms with E-state index in [0.717, 1.165) is 33.4 Å². The third-order valence-corrected chi connectivity index (χ3v) is 4.88. The number of aromatic nitrogens is 3. The summed E-state index contributed by atoms with van der Waals surface area (Å²) < 4.78 is 0. The second kappa shape index (κ2) is 6.31. The highest BCUT2D eigenvalue weighted by Crippen LogP contribution is 2.27. The lowest BCUT2D eigenvalue weighted by molar-refractivity contribution is 0.0778. The fraction of sp³-hybridized carbons (Fsp3) is 0.429. The lowest BCUT2D eigenvalue weighted by atomic mass is 9.92. The van der Waals surface area contributed by atoms with Gasteiger partial charge in [-0.25, -0.2) is 0 Å². The van der Waals surface area contributed by atoms with Gasteiger partial charge in [0, 0.05) is 23.4 Å². The molecule has 0 unspecified atom stereocenters. The average molecular weight is 352 g/mol. The van der Waals surface area contributed by atoms with Crippen LogP contribution < -0.4 is 0 Å². The van der Waals surface area contributed by atoms with E-state index in [1.807, 2.05) is 20.0 Å². The molecule has 0 radical (unpaired) electrons. The van der Waals surface area contributed by atoms with Gasteiger partial charge >= 0.3 is 0 Å². The lowest BCUT2D eigenvalue weighted by Crippen LogP contribution is -2.27. The first-order valence-corrected chi connectivity index (χ1v) is 8.97. The number of carbonyl (C=O) groups is 1. The normalized spacial score (nSPS) is 12.0. The van der Waals surface area contributed by atoms with Crippen molar-refractivity contribution in [1.82, 2.24) is 20.1 Å². The average Bonchev–Trinajstić information content (AvgIpc) is 3.12. The number of amides is 1. The Hall–Kier alpha value is -2.56. The third-order valence-electron chi connectivity index (χ3n) is 4.88. The Morgan fingerprint density at radius 1 is 1.15 bits per heavy atom. The number of carbonyl (C=O) groups excluding carboxylic acids is 1. The first kappa shape index (κ1) is 18.2. The van der Waals surface area contributed by atoms with Crippen molar-refractivity contribution < 1.29 is 4.79 Å². The van der Waals surface area contributed by atoms with Gasteiger partial charge in [0.1, 0.15) is 5.69 Å². The molecule has 0 fully saturated rings. The standard InChI is InChI=1S/C21H28N4O/c1-12-8-13(2)18-16(9-12)14(3)19(22-18)20(26)25(7)11-15-10-17(24-23-15)21(4,5)6/h8-10,22H,11H2,1-7H3,(H,23,24). The van der Waals surface area contributed by atoms with Crippen LogP contribution in [-0.2, 0) is 12.0 Å². The monoisotopic (exact) mass is 352 g/mol. The first-order chi connectivity index (χ1) is 12.1. The van der Waals surface area contributed by atoms with Crippen LogP contribution in [0.25, 0.3) is 10.9 Å². The molecule has 3 aromatic rings. The fourth-order valence-electron chi connectivity index (χ4n) is 3.34. The summed E-state index contributed by atoms with van der Waals surface area (Å²) in [6.45, 7) is 13.0. The lowest BCUT2D eigenvalue weighted by Gasteiger charge is -2.16. The molecule has 0 spiro atoms. The number of nitrogens with one attached hydrogen (secondary N) is 2. The van der Waals surface area contributed by atoms with Gasteiger partial charge in [0.2, 0.25) is 0 Å². The number of hydrogen-bond acceptors (Lipinski definition) is 2. The molecule has 26 heavy (non-hydrogen) atoms. The number of benzene rings is 1. The van der Waals surface area contributed by atoms with Gasteiger partial charge in [0.15, 0.2) is 0 Å². The molecule has 138 valence electrons. The van der Waals surface area contributed by atoms with Crippen LogP contribution in [0.3, 0.4) is 0 Å². The first-order valence-electron chi connectivity index (χ1n) is 8.97. The summed E-state index contributed by atoms with van der Waals surface area (Å²) in [6.07, 6.45) is 0. The molecule has 2 aromatic heterocycles. The van der Waals surface area contributed by atoms with Crippen LogP contribution in [0.2, 0.25) is 0 Å². The van der Waals surface area contributed by atoms with Crippen molar-refractivity contribution in [3.8, 4) is 0 Å². The van der Waals surface area contributed by atoms with Crippen LogP contribution in [0.4, 0.5) is 0 Å². The highest BCUT2D eigenvalue weighted by molar-refractivity contribution is 6.01. The molecule has 0 aliphatic carbocycles. The zero-order valence-corrected chi connectivity index (χ0v) is 16.7. The quantitative estimate of drug-likeness (QED) is 0.734. The van der Waals surface area contributed by atoms with E-state index in [-0.39, 0.29) is 11.3 Å². The molecule has 0 aliphatic heterocycles. The van der Waals surface area contributed by atoms with Crippen molar-refractivity contribution in [2.75, 3.05) is 7.05 Å². The van der Waals surface area contributed by atoms with Crippen LogP contribution in [0, 0.1) is 20.8 Å². The minimum absolute atomic E-state index is 0.0114. The zero-order chi connectivity index (χ0) is 19.2. The molecule has 2 heterocycles. The van der Waals surface area contributed by atoms with Crippen molar-refractivity contribution in [3.05, 3.63) is 52.0 Å². The molecule has 1 amide bonds. The summed E-state index contributed by atoms with van der Waals surface area (Å²) in [5, 5.41) is 8.55. The highest BCUT2D eigenvalue weighted by atomic mass is 16.2. The van der Waals surface area contributed by atoms with Crippen LogP contribution in [0.5, 0.6) is 0 Å².